The number of carbonyl (C=O) groups is 1. The number of aldehydes is 1. The van der Waals surface area contributed by atoms with Gasteiger partial charge >= 0.3 is 6.18 Å². The van der Waals surface area contributed by atoms with E-state index in [1.165, 1.54) is 6.07 Å². The molecule has 0 amide bonds. The monoisotopic (exact) mass is 229 g/mol. The van der Waals surface area contributed by atoms with E-state index < -0.39 is 17.3 Å². The van der Waals surface area contributed by atoms with Gasteiger partial charge in [-0.15, -0.1) is 0 Å². The standard InChI is InChI=1S/C11H10F3NO/c12-11(13,14)9-3-2-8(6-15-9)10(7-16)4-1-5-10/h2-3,6-7H,1,4-5H2. The fraction of sp³-hybridized carbons (Fsp3) is 0.455. The molecule has 1 aliphatic carbocycles. The van der Waals surface area contributed by atoms with Crippen molar-refractivity contribution in [3.63, 3.8) is 0 Å². The second kappa shape index (κ2) is 3.57. The molecule has 0 aliphatic heterocycles. The lowest BCUT2D eigenvalue weighted by Crippen LogP contribution is -2.35. The predicted octanol–water partition coefficient (Wildman–Crippen LogP) is 2.72. The highest BCUT2D eigenvalue weighted by Crippen LogP contribution is 2.42. The Morgan fingerprint density at radius 3 is 2.31 bits per heavy atom. The van der Waals surface area contributed by atoms with Crippen molar-refractivity contribution in [2.45, 2.75) is 30.9 Å². The number of aromatic nitrogens is 1. The lowest BCUT2D eigenvalue weighted by Gasteiger charge is -2.36. The summed E-state index contributed by atoms with van der Waals surface area (Å²) in [7, 11) is 0. The van der Waals surface area contributed by atoms with Crippen molar-refractivity contribution < 1.29 is 18.0 Å². The molecule has 1 aromatic heterocycles. The van der Waals surface area contributed by atoms with Gasteiger partial charge in [0.05, 0.1) is 5.41 Å². The normalized spacial score (nSPS) is 18.9. The van der Waals surface area contributed by atoms with E-state index in [4.69, 9.17) is 0 Å². The van der Waals surface area contributed by atoms with Gasteiger partial charge in [0.2, 0.25) is 0 Å². The molecule has 1 aliphatic rings. The lowest BCUT2D eigenvalue weighted by atomic mass is 9.66. The second-order valence-electron chi connectivity index (χ2n) is 4.06. The van der Waals surface area contributed by atoms with Crippen LogP contribution in [0.5, 0.6) is 0 Å². The maximum absolute atomic E-state index is 12.3. The van der Waals surface area contributed by atoms with Crippen molar-refractivity contribution in [3.05, 3.63) is 29.6 Å². The van der Waals surface area contributed by atoms with Gasteiger partial charge in [-0.1, -0.05) is 12.5 Å². The second-order valence-corrected chi connectivity index (χ2v) is 4.06. The van der Waals surface area contributed by atoms with Crippen LogP contribution in [-0.2, 0) is 16.4 Å². The van der Waals surface area contributed by atoms with Crippen LogP contribution < -0.4 is 0 Å². The molecule has 0 aromatic carbocycles. The minimum atomic E-state index is -4.42. The van der Waals surface area contributed by atoms with E-state index in [9.17, 15) is 18.0 Å². The average molecular weight is 229 g/mol. The molecule has 0 radical (unpaired) electrons. The molecule has 16 heavy (non-hydrogen) atoms. The van der Waals surface area contributed by atoms with Crippen LogP contribution in [0.25, 0.3) is 0 Å². The first-order valence-electron chi connectivity index (χ1n) is 4.98. The van der Waals surface area contributed by atoms with E-state index in [1.54, 1.807) is 0 Å². The van der Waals surface area contributed by atoms with Crippen molar-refractivity contribution in [2.24, 2.45) is 0 Å². The van der Waals surface area contributed by atoms with Gasteiger partial charge in [-0.2, -0.15) is 13.2 Å². The first kappa shape index (κ1) is 11.1. The SMILES string of the molecule is O=CC1(c2ccc(C(F)(F)F)nc2)CCC1. The van der Waals surface area contributed by atoms with Crippen LogP contribution in [0, 0.1) is 0 Å². The Morgan fingerprint density at radius 1 is 1.31 bits per heavy atom. The Hall–Kier alpha value is -1.39. The Morgan fingerprint density at radius 2 is 2.00 bits per heavy atom. The van der Waals surface area contributed by atoms with Gasteiger partial charge in [0.25, 0.3) is 0 Å². The number of pyridine rings is 1. The topological polar surface area (TPSA) is 30.0 Å². The molecule has 0 unspecified atom stereocenters. The number of hydrogen-bond acceptors (Lipinski definition) is 2. The van der Waals surface area contributed by atoms with E-state index in [2.05, 4.69) is 4.98 Å². The Kier molecular flexibility index (Phi) is 2.48. The molecule has 2 nitrogen and oxygen atoms in total. The highest BCUT2D eigenvalue weighted by Gasteiger charge is 2.39. The summed E-state index contributed by atoms with van der Waals surface area (Å²) >= 11 is 0. The van der Waals surface area contributed by atoms with Gasteiger partial charge in [-0.05, 0) is 24.5 Å². The predicted molar refractivity (Wildman–Crippen MR) is 50.8 cm³/mol. The maximum atomic E-state index is 12.3. The van der Waals surface area contributed by atoms with Crippen molar-refractivity contribution >= 4 is 6.29 Å². The Balaban J connectivity index is 2.29. The van der Waals surface area contributed by atoms with E-state index in [1.807, 2.05) is 0 Å². The molecule has 1 heterocycles. The van der Waals surface area contributed by atoms with Crippen LogP contribution in [0.3, 0.4) is 0 Å². The smallest absolute Gasteiger partial charge is 0.302 e. The van der Waals surface area contributed by atoms with E-state index in [0.717, 1.165) is 25.0 Å². The Bertz CT molecular complexity index is 393. The van der Waals surface area contributed by atoms with Crippen molar-refractivity contribution in [3.8, 4) is 0 Å². The highest BCUT2D eigenvalue weighted by molar-refractivity contribution is 5.69. The Labute approximate surface area is 90.5 Å². The van der Waals surface area contributed by atoms with E-state index in [0.29, 0.717) is 18.4 Å². The zero-order chi connectivity index (χ0) is 11.8. The summed E-state index contributed by atoms with van der Waals surface area (Å²) < 4.78 is 36.8. The molecule has 0 atom stereocenters. The molecule has 2 rings (SSSR count). The average Bonchev–Trinajstić information content (AvgIpc) is 2.16. The van der Waals surface area contributed by atoms with Crippen LogP contribution >= 0.6 is 0 Å². The number of alkyl halides is 3. The zero-order valence-corrected chi connectivity index (χ0v) is 8.42. The van der Waals surface area contributed by atoms with Crippen molar-refractivity contribution in [2.75, 3.05) is 0 Å². The zero-order valence-electron chi connectivity index (χ0n) is 8.42. The summed E-state index contributed by atoms with van der Waals surface area (Å²) in [5.41, 5.74) is -0.921. The van der Waals surface area contributed by atoms with Crippen LogP contribution in [0.2, 0.25) is 0 Å². The number of nitrogens with zero attached hydrogens (tertiary/aromatic N) is 1. The molecule has 1 fully saturated rings. The van der Waals surface area contributed by atoms with Crippen molar-refractivity contribution in [1.29, 1.82) is 0 Å². The third-order valence-electron chi connectivity index (χ3n) is 3.10. The molecular formula is C11H10F3NO. The summed E-state index contributed by atoms with van der Waals surface area (Å²) in [4.78, 5) is 14.3. The van der Waals surface area contributed by atoms with Gasteiger partial charge < -0.3 is 4.79 Å². The lowest BCUT2D eigenvalue weighted by molar-refractivity contribution is -0.141. The van der Waals surface area contributed by atoms with Crippen LogP contribution in [-0.4, -0.2) is 11.3 Å². The van der Waals surface area contributed by atoms with E-state index in [-0.39, 0.29) is 0 Å². The summed E-state index contributed by atoms with van der Waals surface area (Å²) in [6, 6.07) is 2.28. The summed E-state index contributed by atoms with van der Waals surface area (Å²) in [6.45, 7) is 0. The molecule has 0 bridgehead atoms. The highest BCUT2D eigenvalue weighted by atomic mass is 19.4. The minimum Gasteiger partial charge on any atom is -0.302 e. The minimum absolute atomic E-state index is 0.585. The summed E-state index contributed by atoms with van der Waals surface area (Å²) in [5, 5.41) is 0. The number of rotatable bonds is 2. The largest absolute Gasteiger partial charge is 0.433 e. The molecule has 0 saturated heterocycles. The third kappa shape index (κ3) is 1.70. The van der Waals surface area contributed by atoms with Crippen molar-refractivity contribution in [1.82, 2.24) is 4.98 Å². The summed E-state index contributed by atoms with van der Waals surface area (Å²) in [5.74, 6) is 0. The molecule has 0 N–H and O–H groups in total. The molecule has 5 heteroatoms. The number of halogens is 3. The van der Waals surface area contributed by atoms with Crippen LogP contribution in [0.15, 0.2) is 18.3 Å². The molecular weight excluding hydrogens is 219 g/mol. The van der Waals surface area contributed by atoms with Crippen LogP contribution in [0.1, 0.15) is 30.5 Å². The van der Waals surface area contributed by atoms with Gasteiger partial charge in [-0.3, -0.25) is 4.98 Å². The third-order valence-corrected chi connectivity index (χ3v) is 3.10. The van der Waals surface area contributed by atoms with E-state index >= 15 is 0 Å². The molecule has 1 aromatic rings. The first-order chi connectivity index (χ1) is 7.48. The molecule has 0 spiro atoms. The van der Waals surface area contributed by atoms with Gasteiger partial charge in [0, 0.05) is 6.20 Å². The fourth-order valence-electron chi connectivity index (χ4n) is 1.89. The first-order valence-corrected chi connectivity index (χ1v) is 4.98. The summed E-state index contributed by atoms with van der Waals surface area (Å²) in [6.07, 6.45) is -0.115. The number of hydrogen-bond donors (Lipinski definition) is 0. The van der Waals surface area contributed by atoms with Crippen LogP contribution in [0.4, 0.5) is 13.2 Å². The van der Waals surface area contributed by atoms with Gasteiger partial charge in [0.1, 0.15) is 12.0 Å². The molecule has 1 saturated carbocycles. The molecule has 86 valence electrons. The fourth-order valence-corrected chi connectivity index (χ4v) is 1.89. The van der Waals surface area contributed by atoms with Gasteiger partial charge in [-0.25, -0.2) is 0 Å². The quantitative estimate of drug-likeness (QED) is 0.730. The number of carbonyl (C=O) groups excluding carboxylic acids is 1. The maximum Gasteiger partial charge on any atom is 0.433 e. The van der Waals surface area contributed by atoms with Gasteiger partial charge in [0.15, 0.2) is 0 Å².